The van der Waals surface area contributed by atoms with Crippen molar-refractivity contribution in [1.82, 2.24) is 19.4 Å². The standard InChI is InChI=1S/C18H22N4/c1-3-16-18-14(13-6-4-5-7-15(13)20-18)8-10-22(16)12-17-19-9-11-21(17)2/h4-7,9,11,16,20H,3,8,10,12H2,1-2H3. The van der Waals surface area contributed by atoms with Gasteiger partial charge in [0.15, 0.2) is 0 Å². The summed E-state index contributed by atoms with van der Waals surface area (Å²) in [5, 5.41) is 1.40. The maximum Gasteiger partial charge on any atom is 0.122 e. The number of para-hydroxylation sites is 1. The van der Waals surface area contributed by atoms with Crippen molar-refractivity contribution in [3.63, 3.8) is 0 Å². The number of hydrogen-bond acceptors (Lipinski definition) is 2. The van der Waals surface area contributed by atoms with Crippen LogP contribution in [0.1, 0.15) is 36.5 Å². The average molecular weight is 294 g/mol. The SMILES string of the molecule is CCC1c2[nH]c3ccccc3c2CCN1Cc1nccn1C. The van der Waals surface area contributed by atoms with E-state index in [0.29, 0.717) is 6.04 Å². The molecule has 1 aliphatic heterocycles. The lowest BCUT2D eigenvalue weighted by molar-refractivity contribution is 0.163. The number of aromatic amines is 1. The summed E-state index contributed by atoms with van der Waals surface area (Å²) in [6.07, 6.45) is 6.13. The van der Waals surface area contributed by atoms with Gasteiger partial charge in [-0.1, -0.05) is 25.1 Å². The first-order valence-electron chi connectivity index (χ1n) is 8.07. The zero-order chi connectivity index (χ0) is 15.1. The summed E-state index contributed by atoms with van der Waals surface area (Å²) >= 11 is 0. The van der Waals surface area contributed by atoms with Gasteiger partial charge in [-0.3, -0.25) is 4.90 Å². The number of imidazole rings is 1. The predicted octanol–water partition coefficient (Wildman–Crippen LogP) is 3.41. The first-order valence-corrected chi connectivity index (χ1v) is 8.07. The molecular weight excluding hydrogens is 272 g/mol. The van der Waals surface area contributed by atoms with Crippen LogP contribution >= 0.6 is 0 Å². The van der Waals surface area contributed by atoms with E-state index in [9.17, 15) is 0 Å². The molecule has 114 valence electrons. The zero-order valence-corrected chi connectivity index (χ0v) is 13.2. The zero-order valence-electron chi connectivity index (χ0n) is 13.2. The summed E-state index contributed by atoms with van der Waals surface area (Å²) in [7, 11) is 2.07. The van der Waals surface area contributed by atoms with Crippen molar-refractivity contribution < 1.29 is 0 Å². The Morgan fingerprint density at radius 1 is 1.32 bits per heavy atom. The van der Waals surface area contributed by atoms with Gasteiger partial charge in [0.2, 0.25) is 0 Å². The summed E-state index contributed by atoms with van der Waals surface area (Å²) in [5.74, 6) is 1.14. The molecule has 0 saturated heterocycles. The maximum absolute atomic E-state index is 4.49. The third-order valence-electron chi connectivity index (χ3n) is 4.92. The van der Waals surface area contributed by atoms with E-state index < -0.39 is 0 Å². The molecule has 0 fully saturated rings. The average Bonchev–Trinajstić information content (AvgIpc) is 3.11. The van der Waals surface area contributed by atoms with Crippen LogP contribution in [0.15, 0.2) is 36.7 Å². The number of H-pyrrole nitrogens is 1. The Balaban J connectivity index is 1.71. The van der Waals surface area contributed by atoms with Crippen LogP contribution in [0.2, 0.25) is 0 Å². The molecule has 1 unspecified atom stereocenters. The Bertz CT molecular complexity index is 798. The Labute approximate surface area is 130 Å². The molecule has 22 heavy (non-hydrogen) atoms. The summed E-state index contributed by atoms with van der Waals surface area (Å²) in [6, 6.07) is 9.12. The minimum atomic E-state index is 0.452. The molecule has 0 amide bonds. The van der Waals surface area contributed by atoms with Gasteiger partial charge in [-0.2, -0.15) is 0 Å². The highest BCUT2D eigenvalue weighted by molar-refractivity contribution is 5.85. The van der Waals surface area contributed by atoms with Crippen molar-refractivity contribution >= 4 is 10.9 Å². The van der Waals surface area contributed by atoms with Crippen molar-refractivity contribution in [2.75, 3.05) is 6.54 Å². The number of fused-ring (bicyclic) bond motifs is 3. The highest BCUT2D eigenvalue weighted by Gasteiger charge is 2.29. The third kappa shape index (κ3) is 2.06. The van der Waals surface area contributed by atoms with Crippen LogP contribution in [0.3, 0.4) is 0 Å². The monoisotopic (exact) mass is 294 g/mol. The number of hydrogen-bond donors (Lipinski definition) is 1. The van der Waals surface area contributed by atoms with E-state index in [1.165, 1.54) is 22.2 Å². The van der Waals surface area contributed by atoms with Gasteiger partial charge in [0.25, 0.3) is 0 Å². The number of benzene rings is 1. The second-order valence-corrected chi connectivity index (χ2v) is 6.16. The largest absolute Gasteiger partial charge is 0.357 e. The van der Waals surface area contributed by atoms with Crippen molar-refractivity contribution in [1.29, 1.82) is 0 Å². The Morgan fingerprint density at radius 2 is 2.18 bits per heavy atom. The van der Waals surface area contributed by atoms with E-state index in [2.05, 4.69) is 57.7 Å². The quantitative estimate of drug-likeness (QED) is 0.803. The van der Waals surface area contributed by atoms with Crippen LogP contribution in [0, 0.1) is 0 Å². The minimum absolute atomic E-state index is 0.452. The molecule has 4 nitrogen and oxygen atoms in total. The number of nitrogens with zero attached hydrogens (tertiary/aromatic N) is 3. The van der Waals surface area contributed by atoms with E-state index in [1.54, 1.807) is 0 Å². The highest BCUT2D eigenvalue weighted by Crippen LogP contribution is 2.36. The van der Waals surface area contributed by atoms with Gasteiger partial charge >= 0.3 is 0 Å². The molecule has 0 radical (unpaired) electrons. The van der Waals surface area contributed by atoms with E-state index >= 15 is 0 Å². The lowest BCUT2D eigenvalue weighted by Crippen LogP contribution is -2.35. The van der Waals surface area contributed by atoms with Crippen LogP contribution < -0.4 is 0 Å². The molecule has 0 aliphatic carbocycles. The van der Waals surface area contributed by atoms with Crippen molar-refractivity contribution in [3.8, 4) is 0 Å². The first kappa shape index (κ1) is 13.6. The van der Waals surface area contributed by atoms with Gasteiger partial charge in [0, 0.05) is 42.6 Å². The predicted molar refractivity (Wildman–Crippen MR) is 88.7 cm³/mol. The van der Waals surface area contributed by atoms with Crippen LogP contribution in [-0.4, -0.2) is 26.0 Å². The molecule has 1 aromatic carbocycles. The van der Waals surface area contributed by atoms with Gasteiger partial charge in [-0.15, -0.1) is 0 Å². The fourth-order valence-electron chi connectivity index (χ4n) is 3.75. The van der Waals surface area contributed by atoms with Gasteiger partial charge in [0.05, 0.1) is 12.6 Å². The Hall–Kier alpha value is -2.07. The number of nitrogens with one attached hydrogen (secondary N) is 1. The van der Waals surface area contributed by atoms with Crippen molar-refractivity contribution in [2.24, 2.45) is 7.05 Å². The molecule has 1 N–H and O–H groups in total. The van der Waals surface area contributed by atoms with Crippen LogP contribution in [-0.2, 0) is 20.0 Å². The summed E-state index contributed by atoms with van der Waals surface area (Å²) < 4.78 is 2.12. The van der Waals surface area contributed by atoms with E-state index in [1.807, 2.05) is 12.4 Å². The Morgan fingerprint density at radius 3 is 2.95 bits per heavy atom. The normalized spacial score (nSPS) is 18.7. The summed E-state index contributed by atoms with van der Waals surface area (Å²) in [6.45, 7) is 4.29. The van der Waals surface area contributed by atoms with Crippen LogP contribution in [0.4, 0.5) is 0 Å². The lowest BCUT2D eigenvalue weighted by Gasteiger charge is -2.35. The molecule has 4 rings (SSSR count). The molecule has 3 heterocycles. The summed E-state index contributed by atoms with van der Waals surface area (Å²) in [4.78, 5) is 10.7. The lowest BCUT2D eigenvalue weighted by atomic mass is 9.96. The second kappa shape index (κ2) is 5.29. The minimum Gasteiger partial charge on any atom is -0.357 e. The second-order valence-electron chi connectivity index (χ2n) is 6.16. The number of rotatable bonds is 3. The van der Waals surface area contributed by atoms with Crippen molar-refractivity contribution in [3.05, 3.63) is 53.7 Å². The molecule has 2 aromatic heterocycles. The molecule has 0 saturated carbocycles. The third-order valence-corrected chi connectivity index (χ3v) is 4.92. The topological polar surface area (TPSA) is 36.9 Å². The summed E-state index contributed by atoms with van der Waals surface area (Å²) in [5.41, 5.74) is 4.19. The van der Waals surface area contributed by atoms with E-state index in [-0.39, 0.29) is 0 Å². The highest BCUT2D eigenvalue weighted by atomic mass is 15.2. The van der Waals surface area contributed by atoms with E-state index in [4.69, 9.17) is 0 Å². The smallest absolute Gasteiger partial charge is 0.122 e. The first-order chi connectivity index (χ1) is 10.8. The maximum atomic E-state index is 4.49. The van der Waals surface area contributed by atoms with Crippen LogP contribution in [0.25, 0.3) is 10.9 Å². The van der Waals surface area contributed by atoms with Crippen LogP contribution in [0.5, 0.6) is 0 Å². The van der Waals surface area contributed by atoms with Gasteiger partial charge in [-0.05, 0) is 24.5 Å². The molecule has 4 heteroatoms. The fraction of sp³-hybridized carbons (Fsp3) is 0.389. The van der Waals surface area contributed by atoms with Gasteiger partial charge in [-0.25, -0.2) is 4.98 Å². The number of aromatic nitrogens is 3. The molecule has 1 atom stereocenters. The molecule has 3 aromatic rings. The van der Waals surface area contributed by atoms with Crippen molar-refractivity contribution in [2.45, 2.75) is 32.4 Å². The molecular formula is C18H22N4. The molecule has 1 aliphatic rings. The van der Waals surface area contributed by atoms with Gasteiger partial charge < -0.3 is 9.55 Å². The molecule has 0 bridgehead atoms. The fourth-order valence-corrected chi connectivity index (χ4v) is 3.75. The Kier molecular flexibility index (Phi) is 3.26. The van der Waals surface area contributed by atoms with E-state index in [0.717, 1.165) is 31.8 Å². The van der Waals surface area contributed by atoms with Gasteiger partial charge in [0.1, 0.15) is 5.82 Å². The molecule has 0 spiro atoms. The number of aryl methyl sites for hydroxylation is 1.